The Morgan fingerprint density at radius 3 is 1.33 bits per heavy atom. The van der Waals surface area contributed by atoms with Gasteiger partial charge in [-0.05, 0) is 92.3 Å². The zero-order valence-electron chi connectivity index (χ0n) is 20.0. The highest BCUT2D eigenvalue weighted by atomic mass is 79.9. The molecule has 0 heterocycles. The van der Waals surface area contributed by atoms with Crippen molar-refractivity contribution < 1.29 is 9.47 Å². The molecule has 0 atom stereocenters. The van der Waals surface area contributed by atoms with Crippen molar-refractivity contribution in [1.82, 2.24) is 0 Å². The predicted molar refractivity (Wildman–Crippen MR) is 161 cm³/mol. The van der Waals surface area contributed by atoms with E-state index in [2.05, 4.69) is 105 Å². The van der Waals surface area contributed by atoms with Gasteiger partial charge in [-0.2, -0.15) is 0 Å². The number of hydrogen-bond acceptors (Lipinski definition) is 2. The van der Waals surface area contributed by atoms with Crippen molar-refractivity contribution in [2.75, 3.05) is 14.2 Å². The van der Waals surface area contributed by atoms with E-state index < -0.39 is 0 Å². The summed E-state index contributed by atoms with van der Waals surface area (Å²) in [5.74, 6) is 1.67. The topological polar surface area (TPSA) is 18.5 Å². The average molecular weight is 600 g/mol. The van der Waals surface area contributed by atoms with Crippen LogP contribution >= 0.6 is 31.9 Å². The van der Waals surface area contributed by atoms with Gasteiger partial charge in [-0.3, -0.25) is 0 Å². The van der Waals surface area contributed by atoms with Crippen LogP contribution in [0, 0.1) is 0 Å². The Labute approximate surface area is 228 Å². The summed E-state index contributed by atoms with van der Waals surface area (Å²) in [5, 5.41) is 4.91. The standard InChI is InChI=1S/C32H24Br2O2/c1-35-27-13-15-31(33)25(19-27)9-5-21-3-7-23-11-12-24-8-4-22(18-30(24)29(23)17-21)6-10-26-20-28(36-2)14-16-32(26)34/h3-20H,1-2H3/b9-5+,10-6+. The lowest BCUT2D eigenvalue weighted by Crippen LogP contribution is -1.85. The van der Waals surface area contributed by atoms with E-state index in [1.165, 1.54) is 21.5 Å². The van der Waals surface area contributed by atoms with Crippen molar-refractivity contribution in [2.45, 2.75) is 0 Å². The summed E-state index contributed by atoms with van der Waals surface area (Å²) < 4.78 is 12.8. The van der Waals surface area contributed by atoms with E-state index in [1.54, 1.807) is 14.2 Å². The van der Waals surface area contributed by atoms with Gasteiger partial charge in [0, 0.05) is 8.95 Å². The van der Waals surface area contributed by atoms with E-state index in [9.17, 15) is 0 Å². The van der Waals surface area contributed by atoms with Crippen molar-refractivity contribution in [3.63, 3.8) is 0 Å². The number of ether oxygens (including phenoxy) is 2. The predicted octanol–water partition coefficient (Wildman–Crippen LogP) is 9.88. The molecule has 0 aromatic heterocycles. The summed E-state index contributed by atoms with van der Waals surface area (Å²) >= 11 is 7.27. The van der Waals surface area contributed by atoms with Crippen LogP contribution in [-0.4, -0.2) is 14.2 Å². The van der Waals surface area contributed by atoms with Gasteiger partial charge in [0.1, 0.15) is 11.5 Å². The second kappa shape index (κ2) is 10.7. The number of halogens is 2. The molecule has 0 unspecified atom stereocenters. The maximum atomic E-state index is 5.38. The summed E-state index contributed by atoms with van der Waals surface area (Å²) in [7, 11) is 3.37. The van der Waals surface area contributed by atoms with Gasteiger partial charge >= 0.3 is 0 Å². The summed E-state index contributed by atoms with van der Waals surface area (Å²) in [5.41, 5.74) is 4.43. The average Bonchev–Trinajstić information content (AvgIpc) is 2.92. The van der Waals surface area contributed by atoms with Crippen LogP contribution in [0.15, 0.2) is 93.9 Å². The molecule has 0 radical (unpaired) electrons. The minimum Gasteiger partial charge on any atom is -0.497 e. The lowest BCUT2D eigenvalue weighted by atomic mass is 9.97. The molecule has 4 heteroatoms. The largest absolute Gasteiger partial charge is 0.497 e. The van der Waals surface area contributed by atoms with Gasteiger partial charge in [0.2, 0.25) is 0 Å². The summed E-state index contributed by atoms with van der Waals surface area (Å²) in [4.78, 5) is 0. The molecular weight excluding hydrogens is 576 g/mol. The second-order valence-electron chi connectivity index (χ2n) is 8.47. The molecule has 2 nitrogen and oxygen atoms in total. The number of benzene rings is 5. The van der Waals surface area contributed by atoms with Crippen molar-refractivity contribution in [3.05, 3.63) is 116 Å². The maximum Gasteiger partial charge on any atom is 0.119 e. The highest BCUT2D eigenvalue weighted by molar-refractivity contribution is 9.10. The SMILES string of the molecule is COc1ccc(Br)c(/C=C/c2ccc3ccc4ccc(/C=C/c5cc(OC)ccc5Br)cc4c3c2)c1. The molecule has 0 aliphatic rings. The second-order valence-corrected chi connectivity index (χ2v) is 10.2. The highest BCUT2D eigenvalue weighted by Crippen LogP contribution is 2.30. The Morgan fingerprint density at radius 2 is 0.917 bits per heavy atom. The van der Waals surface area contributed by atoms with Crippen molar-refractivity contribution in [1.29, 1.82) is 0 Å². The first-order valence-corrected chi connectivity index (χ1v) is 13.1. The number of methoxy groups -OCH3 is 2. The fraction of sp³-hybridized carbons (Fsp3) is 0.0625. The van der Waals surface area contributed by atoms with Gasteiger partial charge in [-0.1, -0.05) is 92.6 Å². The van der Waals surface area contributed by atoms with Crippen molar-refractivity contribution >= 4 is 77.7 Å². The van der Waals surface area contributed by atoms with Crippen molar-refractivity contribution in [3.8, 4) is 11.5 Å². The molecular formula is C32H24Br2O2. The third-order valence-corrected chi connectivity index (χ3v) is 7.65. The minimum atomic E-state index is 0.837. The van der Waals surface area contributed by atoms with Crippen LogP contribution in [0.3, 0.4) is 0 Å². The van der Waals surface area contributed by atoms with Crippen LogP contribution in [0.5, 0.6) is 11.5 Å². The molecule has 0 spiro atoms. The quantitative estimate of drug-likeness (QED) is 0.143. The first-order chi connectivity index (χ1) is 17.5. The highest BCUT2D eigenvalue weighted by Gasteiger charge is 2.04. The monoisotopic (exact) mass is 598 g/mol. The summed E-state index contributed by atoms with van der Waals surface area (Å²) in [6, 6.07) is 29.5. The van der Waals surface area contributed by atoms with Gasteiger partial charge in [0.05, 0.1) is 14.2 Å². The molecule has 0 bridgehead atoms. The molecule has 0 fully saturated rings. The third-order valence-electron chi connectivity index (χ3n) is 6.20. The van der Waals surface area contributed by atoms with Gasteiger partial charge in [-0.25, -0.2) is 0 Å². The lowest BCUT2D eigenvalue weighted by Gasteiger charge is -2.07. The van der Waals surface area contributed by atoms with Crippen LogP contribution in [0.2, 0.25) is 0 Å². The van der Waals surface area contributed by atoms with Crippen molar-refractivity contribution in [2.24, 2.45) is 0 Å². The molecule has 0 N–H and O–H groups in total. The van der Waals surface area contributed by atoms with Crippen LogP contribution in [-0.2, 0) is 0 Å². The van der Waals surface area contributed by atoms with Gasteiger partial charge in [0.15, 0.2) is 0 Å². The van der Waals surface area contributed by atoms with Crippen LogP contribution in [0.25, 0.3) is 45.8 Å². The molecule has 0 aliphatic heterocycles. The van der Waals surface area contributed by atoms with E-state index in [-0.39, 0.29) is 0 Å². The molecule has 0 amide bonds. The molecule has 5 aromatic carbocycles. The van der Waals surface area contributed by atoms with E-state index in [0.29, 0.717) is 0 Å². The van der Waals surface area contributed by atoms with E-state index in [4.69, 9.17) is 9.47 Å². The number of rotatable bonds is 6. The molecule has 0 saturated carbocycles. The molecule has 178 valence electrons. The maximum absolute atomic E-state index is 5.38. The molecule has 5 rings (SSSR count). The van der Waals surface area contributed by atoms with Gasteiger partial charge in [-0.15, -0.1) is 0 Å². The normalized spacial score (nSPS) is 11.7. The van der Waals surface area contributed by atoms with E-state index >= 15 is 0 Å². The molecule has 0 saturated heterocycles. The minimum absolute atomic E-state index is 0.837. The summed E-state index contributed by atoms with van der Waals surface area (Å²) in [6.45, 7) is 0. The first-order valence-electron chi connectivity index (χ1n) is 11.5. The Hall–Kier alpha value is -3.34. The number of hydrogen-bond donors (Lipinski definition) is 0. The Balaban J connectivity index is 1.52. The van der Waals surface area contributed by atoms with E-state index in [1.807, 2.05) is 36.4 Å². The Morgan fingerprint density at radius 1 is 0.500 bits per heavy atom. The Bertz CT molecular complexity index is 1510. The van der Waals surface area contributed by atoms with Gasteiger partial charge < -0.3 is 9.47 Å². The third kappa shape index (κ3) is 5.25. The van der Waals surface area contributed by atoms with Crippen LogP contribution < -0.4 is 9.47 Å². The lowest BCUT2D eigenvalue weighted by molar-refractivity contribution is 0.414. The molecule has 36 heavy (non-hydrogen) atoms. The summed E-state index contributed by atoms with van der Waals surface area (Å²) in [6.07, 6.45) is 8.50. The zero-order chi connectivity index (χ0) is 25.1. The fourth-order valence-corrected chi connectivity index (χ4v) is 4.97. The smallest absolute Gasteiger partial charge is 0.119 e. The number of fused-ring (bicyclic) bond motifs is 3. The molecule has 0 aliphatic carbocycles. The first kappa shape index (κ1) is 24.4. The van der Waals surface area contributed by atoms with E-state index in [0.717, 1.165) is 42.7 Å². The van der Waals surface area contributed by atoms with Crippen LogP contribution in [0.4, 0.5) is 0 Å². The van der Waals surface area contributed by atoms with Gasteiger partial charge in [0.25, 0.3) is 0 Å². The van der Waals surface area contributed by atoms with Crippen LogP contribution in [0.1, 0.15) is 22.3 Å². The fourth-order valence-electron chi connectivity index (χ4n) is 4.22. The zero-order valence-corrected chi connectivity index (χ0v) is 23.1. The Kier molecular flexibility index (Phi) is 7.26. The molecule has 5 aromatic rings.